The van der Waals surface area contributed by atoms with Crippen LogP contribution >= 0.6 is 0 Å². The maximum Gasteiger partial charge on any atom is 0.326 e. The molecule has 6 heteroatoms. The molecule has 0 saturated heterocycles. The monoisotopic (exact) mass is 265 g/mol. The second-order valence-electron chi connectivity index (χ2n) is 4.39. The van der Waals surface area contributed by atoms with Gasteiger partial charge >= 0.3 is 12.0 Å². The average Bonchev–Trinajstić information content (AvgIpc) is 2.42. The van der Waals surface area contributed by atoms with Gasteiger partial charge in [-0.05, 0) is 17.5 Å². The smallest absolute Gasteiger partial charge is 0.326 e. The maximum atomic E-state index is 11.6. The van der Waals surface area contributed by atoms with Crippen LogP contribution in [0.25, 0.3) is 0 Å². The Bertz CT molecular complexity index is 422. The SMILES string of the molecule is CC[C@H](C)[C@H](NC(=O)NCc1cccnc1)C(=O)O. The number of carboxylic acids is 1. The van der Waals surface area contributed by atoms with Gasteiger partial charge in [0.1, 0.15) is 6.04 Å². The number of carboxylic acid groups (broad SMARTS) is 1. The van der Waals surface area contributed by atoms with Crippen LogP contribution in [0, 0.1) is 5.92 Å². The molecule has 2 atom stereocenters. The number of hydrogen-bond acceptors (Lipinski definition) is 3. The Morgan fingerprint density at radius 1 is 1.47 bits per heavy atom. The lowest BCUT2D eigenvalue weighted by Gasteiger charge is -2.20. The normalized spacial score (nSPS) is 13.4. The molecule has 104 valence electrons. The Balaban J connectivity index is 2.47. The zero-order chi connectivity index (χ0) is 14.3. The Morgan fingerprint density at radius 2 is 2.21 bits per heavy atom. The minimum Gasteiger partial charge on any atom is -0.480 e. The first-order valence-electron chi connectivity index (χ1n) is 6.20. The third-order valence-corrected chi connectivity index (χ3v) is 2.94. The summed E-state index contributed by atoms with van der Waals surface area (Å²) in [5, 5.41) is 14.1. The molecular formula is C13H19N3O3. The highest BCUT2D eigenvalue weighted by Crippen LogP contribution is 2.07. The van der Waals surface area contributed by atoms with E-state index in [9.17, 15) is 9.59 Å². The zero-order valence-electron chi connectivity index (χ0n) is 11.1. The van der Waals surface area contributed by atoms with Crippen molar-refractivity contribution in [2.24, 2.45) is 5.92 Å². The quantitative estimate of drug-likeness (QED) is 0.724. The van der Waals surface area contributed by atoms with Gasteiger partial charge < -0.3 is 15.7 Å². The summed E-state index contributed by atoms with van der Waals surface area (Å²) in [6.45, 7) is 3.99. The van der Waals surface area contributed by atoms with Gasteiger partial charge in [0.05, 0.1) is 0 Å². The van der Waals surface area contributed by atoms with E-state index < -0.39 is 18.0 Å². The van der Waals surface area contributed by atoms with Crippen molar-refractivity contribution in [2.75, 3.05) is 0 Å². The van der Waals surface area contributed by atoms with Gasteiger partial charge in [-0.3, -0.25) is 4.98 Å². The minimum atomic E-state index is -1.02. The van der Waals surface area contributed by atoms with E-state index in [0.717, 1.165) is 5.56 Å². The molecule has 0 saturated carbocycles. The number of urea groups is 1. The largest absolute Gasteiger partial charge is 0.480 e. The van der Waals surface area contributed by atoms with E-state index in [4.69, 9.17) is 5.11 Å². The van der Waals surface area contributed by atoms with E-state index in [2.05, 4.69) is 15.6 Å². The molecule has 1 aromatic rings. The minimum absolute atomic E-state index is 0.123. The van der Waals surface area contributed by atoms with Gasteiger partial charge in [0.25, 0.3) is 0 Å². The van der Waals surface area contributed by atoms with Crippen LogP contribution in [0.5, 0.6) is 0 Å². The number of carbonyl (C=O) groups excluding carboxylic acids is 1. The van der Waals surface area contributed by atoms with E-state index in [-0.39, 0.29) is 5.92 Å². The molecule has 6 nitrogen and oxygen atoms in total. The molecule has 0 fully saturated rings. The molecule has 2 amide bonds. The number of rotatable bonds is 6. The average molecular weight is 265 g/mol. The first-order chi connectivity index (χ1) is 9.04. The van der Waals surface area contributed by atoms with Gasteiger partial charge in [0.15, 0.2) is 0 Å². The molecule has 0 spiro atoms. The second kappa shape index (κ2) is 7.35. The fourth-order valence-electron chi connectivity index (χ4n) is 1.56. The first kappa shape index (κ1) is 14.9. The van der Waals surface area contributed by atoms with Crippen molar-refractivity contribution in [3.8, 4) is 0 Å². The molecule has 1 rings (SSSR count). The lowest BCUT2D eigenvalue weighted by atomic mass is 9.99. The van der Waals surface area contributed by atoms with Crippen molar-refractivity contribution < 1.29 is 14.7 Å². The number of carbonyl (C=O) groups is 2. The van der Waals surface area contributed by atoms with Crippen molar-refractivity contribution >= 4 is 12.0 Å². The van der Waals surface area contributed by atoms with Crippen molar-refractivity contribution in [3.05, 3.63) is 30.1 Å². The maximum absolute atomic E-state index is 11.6. The molecule has 0 bridgehead atoms. The number of aromatic nitrogens is 1. The third-order valence-electron chi connectivity index (χ3n) is 2.94. The summed E-state index contributed by atoms with van der Waals surface area (Å²) in [5.41, 5.74) is 0.855. The standard InChI is InChI=1S/C13H19N3O3/c1-3-9(2)11(12(17)18)16-13(19)15-8-10-5-4-6-14-7-10/h4-7,9,11H,3,8H2,1-2H3,(H,17,18)(H2,15,16,19)/t9-,11-/m0/s1. The van der Waals surface area contributed by atoms with Crippen LogP contribution in [0.15, 0.2) is 24.5 Å². The van der Waals surface area contributed by atoms with Crippen molar-refractivity contribution in [1.82, 2.24) is 15.6 Å². The van der Waals surface area contributed by atoms with Gasteiger partial charge in [0, 0.05) is 18.9 Å². The predicted molar refractivity (Wildman–Crippen MR) is 70.5 cm³/mol. The van der Waals surface area contributed by atoms with Crippen LogP contribution in [0.3, 0.4) is 0 Å². The fraction of sp³-hybridized carbons (Fsp3) is 0.462. The van der Waals surface area contributed by atoms with Gasteiger partial charge in [-0.2, -0.15) is 0 Å². The van der Waals surface area contributed by atoms with E-state index >= 15 is 0 Å². The molecule has 1 heterocycles. The van der Waals surface area contributed by atoms with Crippen molar-refractivity contribution in [2.45, 2.75) is 32.9 Å². The summed E-state index contributed by atoms with van der Waals surface area (Å²) in [4.78, 5) is 26.6. The summed E-state index contributed by atoms with van der Waals surface area (Å²) in [6.07, 6.45) is 3.97. The third kappa shape index (κ3) is 4.95. The Hall–Kier alpha value is -2.11. The van der Waals surface area contributed by atoms with E-state index in [1.807, 2.05) is 13.0 Å². The molecule has 0 aliphatic heterocycles. The van der Waals surface area contributed by atoms with Crippen LogP contribution in [0.1, 0.15) is 25.8 Å². The lowest BCUT2D eigenvalue weighted by Crippen LogP contribution is -2.48. The van der Waals surface area contributed by atoms with Crippen molar-refractivity contribution in [1.29, 1.82) is 0 Å². The number of amides is 2. The number of aliphatic carboxylic acids is 1. The molecule has 1 aromatic heterocycles. The van der Waals surface area contributed by atoms with Crippen molar-refractivity contribution in [3.63, 3.8) is 0 Å². The highest BCUT2D eigenvalue weighted by atomic mass is 16.4. The Morgan fingerprint density at radius 3 is 2.74 bits per heavy atom. The predicted octanol–water partition coefficient (Wildman–Crippen LogP) is 1.38. The molecule has 19 heavy (non-hydrogen) atoms. The van der Waals surface area contributed by atoms with Crippen LogP contribution in [-0.2, 0) is 11.3 Å². The molecule has 0 unspecified atom stereocenters. The molecule has 0 aliphatic rings. The van der Waals surface area contributed by atoms with E-state index in [0.29, 0.717) is 13.0 Å². The second-order valence-corrected chi connectivity index (χ2v) is 4.39. The van der Waals surface area contributed by atoms with Crippen LogP contribution in [-0.4, -0.2) is 28.1 Å². The Kier molecular flexibility index (Phi) is 5.78. The van der Waals surface area contributed by atoms with Gasteiger partial charge in [-0.15, -0.1) is 0 Å². The molecule has 3 N–H and O–H groups in total. The summed E-state index contributed by atoms with van der Waals surface area (Å²) < 4.78 is 0. The number of nitrogens with zero attached hydrogens (tertiary/aromatic N) is 1. The highest BCUT2D eigenvalue weighted by Gasteiger charge is 2.24. The number of hydrogen-bond donors (Lipinski definition) is 3. The highest BCUT2D eigenvalue weighted by molar-refractivity contribution is 5.82. The summed E-state index contributed by atoms with van der Waals surface area (Å²) in [6, 6.07) is 2.24. The van der Waals surface area contributed by atoms with Crippen LogP contribution < -0.4 is 10.6 Å². The number of nitrogens with one attached hydrogen (secondary N) is 2. The fourth-order valence-corrected chi connectivity index (χ4v) is 1.56. The Labute approximate surface area is 112 Å². The topological polar surface area (TPSA) is 91.3 Å². The molecule has 0 radical (unpaired) electrons. The summed E-state index contributed by atoms with van der Waals surface area (Å²) in [5.74, 6) is -1.15. The molecular weight excluding hydrogens is 246 g/mol. The summed E-state index contributed by atoms with van der Waals surface area (Å²) in [7, 11) is 0. The van der Waals surface area contributed by atoms with E-state index in [1.54, 1.807) is 25.4 Å². The van der Waals surface area contributed by atoms with Gasteiger partial charge in [0.2, 0.25) is 0 Å². The molecule has 0 aliphatic carbocycles. The van der Waals surface area contributed by atoms with Crippen LogP contribution in [0.2, 0.25) is 0 Å². The van der Waals surface area contributed by atoms with E-state index in [1.165, 1.54) is 0 Å². The zero-order valence-corrected chi connectivity index (χ0v) is 11.1. The first-order valence-corrected chi connectivity index (χ1v) is 6.20. The lowest BCUT2D eigenvalue weighted by molar-refractivity contribution is -0.140. The molecule has 0 aromatic carbocycles. The van der Waals surface area contributed by atoms with Gasteiger partial charge in [-0.1, -0.05) is 26.3 Å². The van der Waals surface area contributed by atoms with Crippen LogP contribution in [0.4, 0.5) is 4.79 Å². The number of pyridine rings is 1. The summed E-state index contributed by atoms with van der Waals surface area (Å²) >= 11 is 0. The van der Waals surface area contributed by atoms with Gasteiger partial charge in [-0.25, -0.2) is 9.59 Å².